The summed E-state index contributed by atoms with van der Waals surface area (Å²) in [6.45, 7) is 4.50. The maximum atomic E-state index is 11.9. The topological polar surface area (TPSA) is 49.3 Å². The number of amides is 1. The van der Waals surface area contributed by atoms with Gasteiger partial charge in [0.15, 0.2) is 0 Å². The largest absolute Gasteiger partial charge is 0.508 e. The monoisotopic (exact) mass is 269 g/mol. The van der Waals surface area contributed by atoms with Crippen molar-refractivity contribution in [2.75, 3.05) is 12.4 Å². The highest BCUT2D eigenvalue weighted by atomic mass is 35.5. The quantitative estimate of drug-likeness (QED) is 0.780. The molecule has 1 unspecified atom stereocenters. The van der Waals surface area contributed by atoms with E-state index in [-0.39, 0.29) is 11.7 Å². The molecule has 0 fully saturated rings. The highest BCUT2D eigenvalue weighted by molar-refractivity contribution is 6.17. The summed E-state index contributed by atoms with van der Waals surface area (Å²) in [5, 5.41) is 12.3. The van der Waals surface area contributed by atoms with E-state index >= 15 is 0 Å². The minimum Gasteiger partial charge on any atom is -0.508 e. The molecule has 1 amide bonds. The normalized spacial score (nSPS) is 12.2. The van der Waals surface area contributed by atoms with Crippen LogP contribution in [0.3, 0.4) is 0 Å². The number of aryl methyl sites for hydroxylation is 1. The number of phenolic OH excluding ortho intramolecular Hbond substituents is 1. The lowest BCUT2D eigenvalue weighted by atomic mass is 10.0. The van der Waals surface area contributed by atoms with Crippen molar-refractivity contribution in [2.24, 2.45) is 5.92 Å². The Labute approximate surface area is 113 Å². The Kier molecular flexibility index (Phi) is 5.99. The predicted molar refractivity (Wildman–Crippen MR) is 74.3 cm³/mol. The zero-order valence-electron chi connectivity index (χ0n) is 10.9. The molecule has 3 nitrogen and oxygen atoms in total. The Hall–Kier alpha value is -1.22. The third-order valence-corrected chi connectivity index (χ3v) is 3.32. The van der Waals surface area contributed by atoms with Crippen LogP contribution in [-0.4, -0.2) is 23.4 Å². The Bertz CT molecular complexity index is 407. The minimum absolute atomic E-state index is 0.105. The Morgan fingerprint density at radius 3 is 2.78 bits per heavy atom. The van der Waals surface area contributed by atoms with Crippen LogP contribution < -0.4 is 5.32 Å². The Morgan fingerprint density at radius 1 is 1.50 bits per heavy atom. The van der Waals surface area contributed by atoms with Gasteiger partial charge in [-0.2, -0.15) is 0 Å². The summed E-state index contributed by atoms with van der Waals surface area (Å²) in [6, 6.07) is 4.85. The van der Waals surface area contributed by atoms with E-state index in [9.17, 15) is 9.90 Å². The van der Waals surface area contributed by atoms with Crippen molar-refractivity contribution >= 4 is 17.5 Å². The van der Waals surface area contributed by atoms with E-state index in [1.165, 1.54) is 0 Å². The number of hydrogen-bond acceptors (Lipinski definition) is 2. The van der Waals surface area contributed by atoms with Crippen LogP contribution in [0.2, 0.25) is 0 Å². The van der Waals surface area contributed by atoms with E-state index in [4.69, 9.17) is 11.6 Å². The predicted octanol–water partition coefficient (Wildman–Crippen LogP) is 3.09. The van der Waals surface area contributed by atoms with Gasteiger partial charge in [0, 0.05) is 18.0 Å². The summed E-state index contributed by atoms with van der Waals surface area (Å²) in [5.41, 5.74) is 1.28. The molecular formula is C14H20ClNO2. The highest BCUT2D eigenvalue weighted by Gasteiger charge is 2.10. The van der Waals surface area contributed by atoms with Crippen LogP contribution in [0.5, 0.6) is 5.75 Å². The van der Waals surface area contributed by atoms with Gasteiger partial charge in [-0.15, -0.1) is 11.6 Å². The molecule has 0 aliphatic rings. The lowest BCUT2D eigenvalue weighted by Crippen LogP contribution is -2.29. The molecule has 0 heterocycles. The molecule has 1 aromatic rings. The van der Waals surface area contributed by atoms with E-state index in [2.05, 4.69) is 12.2 Å². The van der Waals surface area contributed by atoms with Crippen LogP contribution in [0.15, 0.2) is 18.2 Å². The van der Waals surface area contributed by atoms with E-state index in [1.54, 1.807) is 25.1 Å². The van der Waals surface area contributed by atoms with Crippen LogP contribution in [-0.2, 0) is 0 Å². The number of phenols is 1. The zero-order valence-corrected chi connectivity index (χ0v) is 11.6. The number of rotatable bonds is 6. The number of aromatic hydroxyl groups is 1. The number of halogens is 1. The fourth-order valence-corrected chi connectivity index (χ4v) is 2.05. The fourth-order valence-electron chi connectivity index (χ4n) is 1.74. The van der Waals surface area contributed by atoms with E-state index in [0.717, 1.165) is 12.8 Å². The summed E-state index contributed by atoms with van der Waals surface area (Å²) in [7, 11) is 0. The van der Waals surface area contributed by atoms with Gasteiger partial charge in [-0.1, -0.05) is 13.3 Å². The number of alkyl halides is 1. The Balaban J connectivity index is 2.57. The standard InChI is InChI=1S/C14H20ClNO2/c1-3-11(6-7-15)9-16-14(18)12-4-5-13(17)10(2)8-12/h4-5,8,11,17H,3,6-7,9H2,1-2H3,(H,16,18). The number of nitrogens with one attached hydrogen (secondary N) is 1. The van der Waals surface area contributed by atoms with E-state index in [1.807, 2.05) is 0 Å². The first-order valence-electron chi connectivity index (χ1n) is 6.22. The molecule has 0 aliphatic carbocycles. The summed E-state index contributed by atoms with van der Waals surface area (Å²) in [4.78, 5) is 11.9. The molecule has 0 aromatic heterocycles. The van der Waals surface area contributed by atoms with Crippen LogP contribution in [0, 0.1) is 12.8 Å². The molecule has 1 rings (SSSR count). The first-order chi connectivity index (χ1) is 8.58. The average Bonchev–Trinajstić information content (AvgIpc) is 2.37. The second-order valence-electron chi connectivity index (χ2n) is 4.46. The summed E-state index contributed by atoms with van der Waals surface area (Å²) in [5.74, 6) is 1.14. The van der Waals surface area contributed by atoms with Gasteiger partial charge in [0.05, 0.1) is 0 Å². The molecule has 2 N–H and O–H groups in total. The third-order valence-electron chi connectivity index (χ3n) is 3.10. The molecule has 0 saturated carbocycles. The van der Waals surface area contributed by atoms with Crippen LogP contribution >= 0.6 is 11.6 Å². The first kappa shape index (κ1) is 14.8. The van der Waals surface area contributed by atoms with Crippen molar-refractivity contribution in [3.05, 3.63) is 29.3 Å². The molecule has 4 heteroatoms. The van der Waals surface area contributed by atoms with Gasteiger partial charge < -0.3 is 10.4 Å². The van der Waals surface area contributed by atoms with Crippen LogP contribution in [0.1, 0.15) is 35.7 Å². The molecule has 100 valence electrons. The van der Waals surface area contributed by atoms with Gasteiger partial charge >= 0.3 is 0 Å². The molecule has 1 atom stereocenters. The molecule has 0 saturated heterocycles. The van der Waals surface area contributed by atoms with Gasteiger partial charge in [0.1, 0.15) is 5.75 Å². The second kappa shape index (κ2) is 7.27. The minimum atomic E-state index is -0.105. The van der Waals surface area contributed by atoms with Crippen molar-refractivity contribution in [1.82, 2.24) is 5.32 Å². The van der Waals surface area contributed by atoms with Crippen molar-refractivity contribution in [3.8, 4) is 5.75 Å². The Morgan fingerprint density at radius 2 is 2.22 bits per heavy atom. The maximum absolute atomic E-state index is 11.9. The maximum Gasteiger partial charge on any atom is 0.251 e. The van der Waals surface area contributed by atoms with Crippen molar-refractivity contribution in [1.29, 1.82) is 0 Å². The van der Waals surface area contributed by atoms with E-state index < -0.39 is 0 Å². The molecule has 0 aliphatic heterocycles. The van der Waals surface area contributed by atoms with Gasteiger partial charge in [-0.3, -0.25) is 4.79 Å². The molecule has 18 heavy (non-hydrogen) atoms. The lowest BCUT2D eigenvalue weighted by Gasteiger charge is -2.14. The zero-order chi connectivity index (χ0) is 13.5. The fraction of sp³-hybridized carbons (Fsp3) is 0.500. The smallest absolute Gasteiger partial charge is 0.251 e. The van der Waals surface area contributed by atoms with Crippen LogP contribution in [0.25, 0.3) is 0 Å². The van der Waals surface area contributed by atoms with Gasteiger partial charge in [0.25, 0.3) is 5.91 Å². The molecule has 0 radical (unpaired) electrons. The summed E-state index contributed by atoms with van der Waals surface area (Å²) < 4.78 is 0. The van der Waals surface area contributed by atoms with E-state index in [0.29, 0.717) is 29.5 Å². The van der Waals surface area contributed by atoms with Gasteiger partial charge in [-0.25, -0.2) is 0 Å². The molecule has 0 bridgehead atoms. The lowest BCUT2D eigenvalue weighted by molar-refractivity contribution is 0.0946. The molecular weight excluding hydrogens is 250 g/mol. The average molecular weight is 270 g/mol. The number of carbonyl (C=O) groups is 1. The highest BCUT2D eigenvalue weighted by Crippen LogP contribution is 2.17. The van der Waals surface area contributed by atoms with Crippen molar-refractivity contribution in [3.63, 3.8) is 0 Å². The van der Waals surface area contributed by atoms with Gasteiger partial charge in [0.2, 0.25) is 0 Å². The van der Waals surface area contributed by atoms with Crippen molar-refractivity contribution < 1.29 is 9.90 Å². The first-order valence-corrected chi connectivity index (χ1v) is 6.75. The number of hydrogen-bond donors (Lipinski definition) is 2. The number of benzene rings is 1. The van der Waals surface area contributed by atoms with Gasteiger partial charge in [-0.05, 0) is 43.0 Å². The molecule has 0 spiro atoms. The summed E-state index contributed by atoms with van der Waals surface area (Å²) >= 11 is 5.71. The molecule has 1 aromatic carbocycles. The SMILES string of the molecule is CCC(CCCl)CNC(=O)c1ccc(O)c(C)c1. The third kappa shape index (κ3) is 4.22. The van der Waals surface area contributed by atoms with Crippen LogP contribution in [0.4, 0.5) is 0 Å². The second-order valence-corrected chi connectivity index (χ2v) is 4.84. The van der Waals surface area contributed by atoms with Crippen molar-refractivity contribution in [2.45, 2.75) is 26.7 Å². The summed E-state index contributed by atoms with van der Waals surface area (Å²) in [6.07, 6.45) is 1.91. The number of carbonyl (C=O) groups excluding carboxylic acids is 1.